The summed E-state index contributed by atoms with van der Waals surface area (Å²) in [5.41, 5.74) is 2.15. The van der Waals surface area contributed by atoms with Gasteiger partial charge in [0, 0.05) is 29.1 Å². The Kier molecular flexibility index (Phi) is 5.69. The molecule has 2 aliphatic heterocycles. The van der Waals surface area contributed by atoms with Crippen molar-refractivity contribution in [3.05, 3.63) is 50.9 Å². The Morgan fingerprint density at radius 2 is 1.75 bits per heavy atom. The van der Waals surface area contributed by atoms with Crippen molar-refractivity contribution < 1.29 is 13.9 Å². The fourth-order valence-corrected chi connectivity index (χ4v) is 7.32. The smallest absolute Gasteiger partial charge is 0.410 e. The number of anilines is 1. The van der Waals surface area contributed by atoms with Gasteiger partial charge in [-0.05, 0) is 88.1 Å². The summed E-state index contributed by atoms with van der Waals surface area (Å²) < 4.78 is 22.2. The molecule has 0 saturated carbocycles. The molecule has 2 bridgehead atoms. The van der Waals surface area contributed by atoms with Gasteiger partial charge in [0.05, 0.1) is 17.8 Å². The second kappa shape index (κ2) is 8.45. The van der Waals surface area contributed by atoms with E-state index in [0.717, 1.165) is 36.0 Å². The van der Waals surface area contributed by atoms with Crippen LogP contribution in [0.4, 0.5) is 15.0 Å². The van der Waals surface area contributed by atoms with E-state index in [9.17, 15) is 4.79 Å². The highest BCUT2D eigenvalue weighted by Gasteiger charge is 2.52. The molecule has 4 aliphatic rings. The number of carbonyl (C=O) groups excluding carboxylic acids is 1. The van der Waals surface area contributed by atoms with E-state index in [1.165, 1.54) is 0 Å². The Labute approximate surface area is 221 Å². The minimum absolute atomic E-state index is 0.0305. The maximum atomic E-state index is 16.5. The van der Waals surface area contributed by atoms with Crippen molar-refractivity contribution in [1.82, 2.24) is 14.9 Å². The summed E-state index contributed by atoms with van der Waals surface area (Å²) in [6.45, 7) is 6.89. The highest BCUT2D eigenvalue weighted by atomic mass is 35.5. The van der Waals surface area contributed by atoms with Crippen LogP contribution in [0.2, 0.25) is 10.3 Å². The number of amides is 1. The zero-order valence-electron chi connectivity index (χ0n) is 20.9. The topological polar surface area (TPSA) is 58.6 Å². The largest absolute Gasteiger partial charge is 0.444 e. The van der Waals surface area contributed by atoms with E-state index in [1.807, 2.05) is 43.9 Å². The van der Waals surface area contributed by atoms with Gasteiger partial charge in [-0.15, -0.1) is 0 Å². The number of rotatable bonds is 1. The first-order valence-electron chi connectivity index (χ1n) is 12.8. The molecule has 1 amide bonds. The van der Waals surface area contributed by atoms with Gasteiger partial charge in [-0.25, -0.2) is 19.2 Å². The van der Waals surface area contributed by atoms with Crippen LogP contribution in [0.5, 0.6) is 0 Å². The Balaban J connectivity index is 1.31. The molecule has 0 N–H and O–H groups in total. The summed E-state index contributed by atoms with van der Waals surface area (Å²) in [4.78, 5) is 26.0. The van der Waals surface area contributed by atoms with Gasteiger partial charge < -0.3 is 9.64 Å². The zero-order chi connectivity index (χ0) is 25.4. The van der Waals surface area contributed by atoms with Crippen LogP contribution in [0.1, 0.15) is 75.0 Å². The second-order valence-corrected chi connectivity index (χ2v) is 12.4. The molecule has 6 nitrogen and oxygen atoms in total. The molecule has 4 atom stereocenters. The molecule has 1 aromatic carbocycles. The monoisotopic (exact) mass is 532 g/mol. The molecule has 2 fully saturated rings. The highest BCUT2D eigenvalue weighted by Crippen LogP contribution is 2.56. The van der Waals surface area contributed by atoms with Crippen molar-refractivity contribution in [2.24, 2.45) is 0 Å². The number of nitrogens with zero attached hydrogens (tertiary/aromatic N) is 4. The van der Waals surface area contributed by atoms with Gasteiger partial charge in [0.15, 0.2) is 6.17 Å². The number of benzene rings is 1. The minimum atomic E-state index is -1.28. The van der Waals surface area contributed by atoms with Crippen molar-refractivity contribution in [3.63, 3.8) is 0 Å². The number of hydrogen-bond acceptors (Lipinski definition) is 5. The Bertz CT molecular complexity index is 1220. The van der Waals surface area contributed by atoms with Gasteiger partial charge in [-0.1, -0.05) is 23.7 Å². The number of halogens is 3. The van der Waals surface area contributed by atoms with E-state index in [1.54, 1.807) is 0 Å². The lowest BCUT2D eigenvalue weighted by Gasteiger charge is -2.44. The van der Waals surface area contributed by atoms with E-state index in [-0.39, 0.29) is 23.5 Å². The quantitative estimate of drug-likeness (QED) is 0.408. The fraction of sp³-hybridized carbons (Fsp3) is 0.593. The number of hydrogen-bond donors (Lipinski definition) is 0. The van der Waals surface area contributed by atoms with E-state index >= 15 is 4.39 Å². The molecule has 1 aromatic heterocycles. The van der Waals surface area contributed by atoms with Gasteiger partial charge >= 0.3 is 6.09 Å². The lowest BCUT2D eigenvalue weighted by molar-refractivity contribution is 0.0122. The summed E-state index contributed by atoms with van der Waals surface area (Å²) in [7, 11) is 0. The molecule has 9 heteroatoms. The first-order valence-corrected chi connectivity index (χ1v) is 13.6. The third-order valence-electron chi connectivity index (χ3n) is 8.40. The third kappa shape index (κ3) is 3.76. The van der Waals surface area contributed by atoms with Crippen LogP contribution >= 0.6 is 23.2 Å². The molecule has 2 aromatic rings. The van der Waals surface area contributed by atoms with Gasteiger partial charge in [-0.3, -0.25) is 4.90 Å². The summed E-state index contributed by atoms with van der Waals surface area (Å²) in [6.07, 6.45) is 3.12. The summed E-state index contributed by atoms with van der Waals surface area (Å²) >= 11 is 12.9. The minimum Gasteiger partial charge on any atom is -0.444 e. The van der Waals surface area contributed by atoms with Crippen molar-refractivity contribution in [3.8, 4) is 0 Å². The summed E-state index contributed by atoms with van der Waals surface area (Å²) in [5, 5.41) is 0.775. The number of piperazine rings is 1. The summed E-state index contributed by atoms with van der Waals surface area (Å²) in [5.74, 6) is 0.715. The van der Waals surface area contributed by atoms with Crippen LogP contribution in [-0.4, -0.2) is 51.7 Å². The maximum absolute atomic E-state index is 16.5. The SMILES string of the molecule is CC(C)(C)OC(=O)N1C2CCC1CN(c1nc(Cl)nc3c1CCC1(CCc4c(Cl)cccc41)C3F)C2. The molecule has 2 saturated heterocycles. The Morgan fingerprint density at radius 1 is 1.08 bits per heavy atom. The fourth-order valence-electron chi connectivity index (χ4n) is 6.88. The molecule has 2 aliphatic carbocycles. The first-order chi connectivity index (χ1) is 17.1. The summed E-state index contributed by atoms with van der Waals surface area (Å²) in [6, 6.07) is 5.87. The average Bonchev–Trinajstić information content (AvgIpc) is 3.31. The van der Waals surface area contributed by atoms with Gasteiger partial charge in [0.25, 0.3) is 0 Å². The average molecular weight is 533 g/mol. The first kappa shape index (κ1) is 24.2. The number of ether oxygens (including phenoxy) is 1. The molecular weight excluding hydrogens is 502 g/mol. The molecule has 192 valence electrons. The molecule has 0 radical (unpaired) electrons. The van der Waals surface area contributed by atoms with Gasteiger partial charge in [0.2, 0.25) is 5.28 Å². The number of aromatic nitrogens is 2. The number of alkyl halides is 1. The molecule has 36 heavy (non-hydrogen) atoms. The van der Waals surface area contributed by atoms with Crippen molar-refractivity contribution in [2.75, 3.05) is 18.0 Å². The maximum Gasteiger partial charge on any atom is 0.410 e. The van der Waals surface area contributed by atoms with Crippen LogP contribution in [0.25, 0.3) is 0 Å². The highest BCUT2D eigenvalue weighted by molar-refractivity contribution is 6.31. The number of fused-ring (bicyclic) bond motifs is 5. The van der Waals surface area contributed by atoms with E-state index in [2.05, 4.69) is 14.9 Å². The molecule has 6 rings (SSSR count). The van der Waals surface area contributed by atoms with Crippen molar-refractivity contribution in [2.45, 2.75) is 88.6 Å². The van der Waals surface area contributed by atoms with Crippen molar-refractivity contribution in [1.29, 1.82) is 0 Å². The van der Waals surface area contributed by atoms with Crippen LogP contribution in [0, 0.1) is 0 Å². The molecule has 4 unspecified atom stereocenters. The van der Waals surface area contributed by atoms with Gasteiger partial charge in [0.1, 0.15) is 11.4 Å². The van der Waals surface area contributed by atoms with E-state index < -0.39 is 17.2 Å². The van der Waals surface area contributed by atoms with Crippen LogP contribution in [0.15, 0.2) is 18.2 Å². The van der Waals surface area contributed by atoms with E-state index in [4.69, 9.17) is 27.9 Å². The van der Waals surface area contributed by atoms with Crippen LogP contribution < -0.4 is 4.90 Å². The molecular formula is C27H31Cl2FN4O2. The molecule has 1 spiro atoms. The van der Waals surface area contributed by atoms with Gasteiger partial charge in [-0.2, -0.15) is 0 Å². The predicted octanol–water partition coefficient (Wildman–Crippen LogP) is 6.21. The third-order valence-corrected chi connectivity index (χ3v) is 8.92. The standard InChI is InChI=1S/C27H31Cl2FN4O2/c1-26(2,3)36-25(35)34-15-7-8-16(34)14-33(13-15)23-18-10-12-27(22(30)21(18)31-24(29)32-23)11-9-17-19(27)5-4-6-20(17)28/h4-6,15-16,22H,7-14H2,1-3H3. The van der Waals surface area contributed by atoms with E-state index in [0.29, 0.717) is 48.9 Å². The van der Waals surface area contributed by atoms with Crippen molar-refractivity contribution >= 4 is 35.1 Å². The number of carbonyl (C=O) groups is 1. The normalized spacial score (nSPS) is 28.9. The van der Waals surface area contributed by atoms with Crippen LogP contribution in [0.3, 0.4) is 0 Å². The lowest BCUT2D eigenvalue weighted by atomic mass is 9.68. The zero-order valence-corrected chi connectivity index (χ0v) is 22.4. The molecule has 3 heterocycles. The second-order valence-electron chi connectivity index (χ2n) is 11.6. The lowest BCUT2D eigenvalue weighted by Crippen LogP contribution is -2.57. The predicted molar refractivity (Wildman–Crippen MR) is 138 cm³/mol. The Hall–Kier alpha value is -2.12. The Morgan fingerprint density at radius 3 is 2.42 bits per heavy atom. The van der Waals surface area contributed by atoms with Crippen LogP contribution in [-0.2, 0) is 23.0 Å².